The third-order valence-electron chi connectivity index (χ3n) is 3.39. The fraction of sp³-hybridized carbons (Fsp3) is 0.250. The summed E-state index contributed by atoms with van der Waals surface area (Å²) in [5.41, 5.74) is 4.33. The van der Waals surface area contributed by atoms with Gasteiger partial charge >= 0.3 is 0 Å². The number of rotatable bonds is 2. The number of benzene rings is 2. The van der Waals surface area contributed by atoms with Crippen LogP contribution in [0.5, 0.6) is 0 Å². The number of nitrogens with zero attached hydrogens (tertiary/aromatic N) is 1. The van der Waals surface area contributed by atoms with E-state index in [4.69, 9.17) is 0 Å². The molecule has 1 heterocycles. The molecule has 0 unspecified atom stereocenters. The number of hydrogen-bond acceptors (Lipinski definition) is 1. The van der Waals surface area contributed by atoms with E-state index < -0.39 is 0 Å². The third kappa shape index (κ3) is 2.40. The number of fused-ring (bicyclic) bond motifs is 1. The van der Waals surface area contributed by atoms with E-state index in [0.717, 1.165) is 26.1 Å². The zero-order valence-electron chi connectivity index (χ0n) is 9.89. The maximum absolute atomic E-state index is 3.17. The van der Waals surface area contributed by atoms with Gasteiger partial charge in [-0.05, 0) is 29.2 Å². The Kier molecular flexibility index (Phi) is 2.93. The Hall–Kier alpha value is -1.60. The zero-order chi connectivity index (χ0) is 11.5. The van der Waals surface area contributed by atoms with Gasteiger partial charge in [0, 0.05) is 19.6 Å². The highest BCUT2D eigenvalue weighted by Gasteiger charge is 2.15. The van der Waals surface area contributed by atoms with Crippen LogP contribution in [0.3, 0.4) is 0 Å². The normalized spacial score (nSPS) is 15.5. The van der Waals surface area contributed by atoms with Crippen molar-refractivity contribution in [2.45, 2.75) is 19.5 Å². The molecule has 1 aliphatic heterocycles. The topological polar surface area (TPSA) is 3.24 Å². The Morgan fingerprint density at radius 2 is 1.94 bits per heavy atom. The lowest BCUT2D eigenvalue weighted by Crippen LogP contribution is -2.29. The highest BCUT2D eigenvalue weighted by Crippen LogP contribution is 2.19. The first-order valence-electron chi connectivity index (χ1n) is 6.16. The van der Waals surface area contributed by atoms with Crippen molar-refractivity contribution in [1.29, 1.82) is 0 Å². The molecule has 0 aromatic heterocycles. The van der Waals surface area contributed by atoms with Crippen LogP contribution in [-0.2, 0) is 19.5 Å². The molecule has 1 aliphatic rings. The fourth-order valence-corrected chi connectivity index (χ4v) is 2.46. The van der Waals surface area contributed by atoms with E-state index >= 15 is 0 Å². The fourth-order valence-electron chi connectivity index (χ4n) is 2.46. The maximum Gasteiger partial charge on any atom is 0.0240 e. The van der Waals surface area contributed by atoms with Crippen molar-refractivity contribution >= 4 is 0 Å². The molecule has 2 aromatic carbocycles. The largest absolute Gasteiger partial charge is 0.294 e. The van der Waals surface area contributed by atoms with Crippen LogP contribution in [0.4, 0.5) is 0 Å². The molecular weight excluding hydrogens is 206 g/mol. The lowest BCUT2D eigenvalue weighted by atomic mass is 9.99. The summed E-state index contributed by atoms with van der Waals surface area (Å²) in [5.74, 6) is 0. The smallest absolute Gasteiger partial charge is 0.0240 e. The summed E-state index contributed by atoms with van der Waals surface area (Å²) >= 11 is 0. The van der Waals surface area contributed by atoms with Crippen molar-refractivity contribution in [3.8, 4) is 0 Å². The first-order chi connectivity index (χ1) is 8.42. The van der Waals surface area contributed by atoms with Gasteiger partial charge in [0.2, 0.25) is 0 Å². The molecule has 1 radical (unpaired) electrons. The molecule has 2 aromatic rings. The Labute approximate surface area is 103 Å². The first-order valence-corrected chi connectivity index (χ1v) is 6.16. The molecule has 0 aliphatic carbocycles. The predicted molar refractivity (Wildman–Crippen MR) is 69.5 cm³/mol. The van der Waals surface area contributed by atoms with Crippen molar-refractivity contribution in [3.05, 3.63) is 71.3 Å². The Morgan fingerprint density at radius 3 is 2.82 bits per heavy atom. The lowest BCUT2D eigenvalue weighted by molar-refractivity contribution is 0.245. The first kappa shape index (κ1) is 10.5. The van der Waals surface area contributed by atoms with Gasteiger partial charge < -0.3 is 0 Å². The molecule has 0 fully saturated rings. The molecule has 85 valence electrons. The second-order valence-electron chi connectivity index (χ2n) is 4.64. The van der Waals surface area contributed by atoms with Crippen LogP contribution in [0, 0.1) is 6.07 Å². The summed E-state index contributed by atoms with van der Waals surface area (Å²) in [6, 6.07) is 20.2. The van der Waals surface area contributed by atoms with Crippen LogP contribution in [0.2, 0.25) is 0 Å². The van der Waals surface area contributed by atoms with Gasteiger partial charge in [0.05, 0.1) is 0 Å². The third-order valence-corrected chi connectivity index (χ3v) is 3.39. The van der Waals surface area contributed by atoms with E-state index in [0.29, 0.717) is 0 Å². The van der Waals surface area contributed by atoms with Crippen molar-refractivity contribution in [2.75, 3.05) is 6.54 Å². The van der Waals surface area contributed by atoms with Gasteiger partial charge in [0.15, 0.2) is 0 Å². The highest BCUT2D eigenvalue weighted by atomic mass is 15.1. The summed E-state index contributed by atoms with van der Waals surface area (Å²) in [6.07, 6.45) is 1.15. The monoisotopic (exact) mass is 222 g/mol. The van der Waals surface area contributed by atoms with Crippen molar-refractivity contribution in [2.24, 2.45) is 0 Å². The van der Waals surface area contributed by atoms with Crippen molar-refractivity contribution in [1.82, 2.24) is 4.90 Å². The van der Waals surface area contributed by atoms with Gasteiger partial charge in [0.1, 0.15) is 0 Å². The summed E-state index contributed by atoms with van der Waals surface area (Å²) in [5, 5.41) is 0. The number of hydrogen-bond donors (Lipinski definition) is 0. The van der Waals surface area contributed by atoms with E-state index in [9.17, 15) is 0 Å². The molecular formula is C16H16N. The quantitative estimate of drug-likeness (QED) is 0.755. The summed E-state index contributed by atoms with van der Waals surface area (Å²) < 4.78 is 0. The Bertz CT molecular complexity index is 490. The van der Waals surface area contributed by atoms with Crippen LogP contribution in [0.25, 0.3) is 0 Å². The summed E-state index contributed by atoms with van der Waals surface area (Å²) in [7, 11) is 0. The summed E-state index contributed by atoms with van der Waals surface area (Å²) in [6.45, 7) is 3.28. The van der Waals surface area contributed by atoms with Crippen LogP contribution in [0.15, 0.2) is 48.5 Å². The van der Waals surface area contributed by atoms with Crippen LogP contribution in [0.1, 0.15) is 16.7 Å². The van der Waals surface area contributed by atoms with E-state index in [2.05, 4.69) is 53.4 Å². The van der Waals surface area contributed by atoms with Crippen molar-refractivity contribution in [3.63, 3.8) is 0 Å². The molecule has 17 heavy (non-hydrogen) atoms. The minimum absolute atomic E-state index is 1.05. The van der Waals surface area contributed by atoms with E-state index in [1.165, 1.54) is 16.7 Å². The highest BCUT2D eigenvalue weighted by molar-refractivity contribution is 5.28. The van der Waals surface area contributed by atoms with Gasteiger partial charge in [-0.3, -0.25) is 4.90 Å². The van der Waals surface area contributed by atoms with Gasteiger partial charge in [-0.2, -0.15) is 0 Å². The molecule has 0 N–H and O–H groups in total. The molecule has 1 nitrogen and oxygen atoms in total. The van der Waals surface area contributed by atoms with Gasteiger partial charge in [-0.1, -0.05) is 48.5 Å². The molecule has 3 rings (SSSR count). The Morgan fingerprint density at radius 1 is 1.06 bits per heavy atom. The SMILES string of the molecule is [c]1ccc2c(c1)CCN(Cc1ccccc1)C2. The second kappa shape index (κ2) is 4.72. The molecule has 0 spiro atoms. The predicted octanol–water partition coefficient (Wildman–Crippen LogP) is 3.05. The van der Waals surface area contributed by atoms with E-state index in [1.54, 1.807) is 0 Å². The van der Waals surface area contributed by atoms with Crippen LogP contribution < -0.4 is 0 Å². The maximum atomic E-state index is 3.17. The standard InChI is InChI=1S/C16H16N/c1-2-6-14(7-3-1)12-17-11-10-15-8-4-5-9-16(15)13-17/h1-3,5-9H,10-13H2. The molecule has 1 heteroatoms. The van der Waals surface area contributed by atoms with E-state index in [-0.39, 0.29) is 0 Å². The zero-order valence-corrected chi connectivity index (χ0v) is 9.89. The van der Waals surface area contributed by atoms with E-state index in [1.807, 2.05) is 6.07 Å². The van der Waals surface area contributed by atoms with Crippen LogP contribution in [-0.4, -0.2) is 11.4 Å². The molecule has 0 saturated carbocycles. The molecule has 0 bridgehead atoms. The second-order valence-corrected chi connectivity index (χ2v) is 4.64. The average Bonchev–Trinajstić information content (AvgIpc) is 2.40. The van der Waals surface area contributed by atoms with Gasteiger partial charge in [-0.25, -0.2) is 0 Å². The average molecular weight is 222 g/mol. The Balaban J connectivity index is 1.72. The minimum Gasteiger partial charge on any atom is -0.294 e. The minimum atomic E-state index is 1.05. The summed E-state index contributed by atoms with van der Waals surface area (Å²) in [4.78, 5) is 2.51. The van der Waals surface area contributed by atoms with Crippen molar-refractivity contribution < 1.29 is 0 Å². The van der Waals surface area contributed by atoms with Crippen LogP contribution >= 0.6 is 0 Å². The van der Waals surface area contributed by atoms with Gasteiger partial charge in [-0.15, -0.1) is 0 Å². The lowest BCUT2D eigenvalue weighted by Gasteiger charge is -2.28. The molecule has 0 atom stereocenters. The van der Waals surface area contributed by atoms with Gasteiger partial charge in [0.25, 0.3) is 0 Å². The molecule has 0 saturated heterocycles. The molecule has 0 amide bonds.